The van der Waals surface area contributed by atoms with Gasteiger partial charge in [0.2, 0.25) is 0 Å². The number of hydrogen-bond acceptors (Lipinski definition) is 2. The zero-order valence-electron chi connectivity index (χ0n) is 9.80. The molecule has 0 heterocycles. The highest BCUT2D eigenvalue weighted by Gasteiger charge is 2.21. The molecule has 0 aromatic carbocycles. The van der Waals surface area contributed by atoms with Crippen molar-refractivity contribution in [1.82, 2.24) is 4.90 Å². The average Bonchev–Trinajstić information content (AvgIpc) is 1.99. The first kappa shape index (κ1) is 12.9. The van der Waals surface area contributed by atoms with Crippen molar-refractivity contribution < 1.29 is 5.11 Å². The van der Waals surface area contributed by atoms with Gasteiger partial charge < -0.3 is 10.0 Å². The van der Waals surface area contributed by atoms with Gasteiger partial charge in [0.05, 0.1) is 6.10 Å². The fraction of sp³-hybridized carbons (Fsp3) is 1.00. The van der Waals surface area contributed by atoms with Crippen LogP contribution in [0.4, 0.5) is 0 Å². The van der Waals surface area contributed by atoms with Crippen LogP contribution in [0.15, 0.2) is 0 Å². The van der Waals surface area contributed by atoms with Gasteiger partial charge in [0.1, 0.15) is 0 Å². The van der Waals surface area contributed by atoms with Crippen LogP contribution in [0.25, 0.3) is 0 Å². The van der Waals surface area contributed by atoms with E-state index in [-0.39, 0.29) is 11.5 Å². The Bertz CT molecular complexity index is 129. The molecule has 13 heavy (non-hydrogen) atoms. The third-order valence-corrected chi connectivity index (χ3v) is 2.39. The van der Waals surface area contributed by atoms with E-state index in [9.17, 15) is 5.11 Å². The molecular formula is C11H25NO. The van der Waals surface area contributed by atoms with E-state index in [0.29, 0.717) is 0 Å². The minimum atomic E-state index is -0.188. The van der Waals surface area contributed by atoms with E-state index in [2.05, 4.69) is 39.6 Å². The Balaban J connectivity index is 3.63. The highest BCUT2D eigenvalue weighted by atomic mass is 16.3. The van der Waals surface area contributed by atoms with Crippen molar-refractivity contribution in [1.29, 1.82) is 0 Å². The molecule has 0 spiro atoms. The quantitative estimate of drug-likeness (QED) is 0.712. The van der Waals surface area contributed by atoms with Crippen molar-refractivity contribution in [2.45, 2.75) is 46.6 Å². The molecule has 0 saturated heterocycles. The van der Waals surface area contributed by atoms with Crippen LogP contribution in [0.1, 0.15) is 40.5 Å². The molecule has 0 aliphatic heterocycles. The molecule has 2 nitrogen and oxygen atoms in total. The summed E-state index contributed by atoms with van der Waals surface area (Å²) < 4.78 is 0. The Labute approximate surface area is 82.9 Å². The van der Waals surface area contributed by atoms with Crippen LogP contribution in [0, 0.1) is 5.41 Å². The third kappa shape index (κ3) is 6.05. The predicted octanol–water partition coefficient (Wildman–Crippen LogP) is 2.13. The summed E-state index contributed by atoms with van der Waals surface area (Å²) in [6.07, 6.45) is 1.87. The second-order valence-corrected chi connectivity index (χ2v) is 4.97. The second-order valence-electron chi connectivity index (χ2n) is 4.97. The molecule has 0 aliphatic carbocycles. The molecule has 0 amide bonds. The highest BCUT2D eigenvalue weighted by Crippen LogP contribution is 2.21. The molecule has 1 unspecified atom stereocenters. The molecule has 0 aromatic rings. The van der Waals surface area contributed by atoms with Crippen LogP contribution in [0.2, 0.25) is 0 Å². The van der Waals surface area contributed by atoms with Crippen molar-refractivity contribution in [3.63, 3.8) is 0 Å². The van der Waals surface area contributed by atoms with Gasteiger partial charge >= 0.3 is 0 Å². The zero-order valence-corrected chi connectivity index (χ0v) is 9.80. The standard InChI is InChI=1S/C11H25NO/c1-6-8-12(5)9-7-10(13)11(2,3)4/h10,13H,6-9H2,1-5H3. The maximum Gasteiger partial charge on any atom is 0.0600 e. The van der Waals surface area contributed by atoms with Gasteiger partial charge in [-0.25, -0.2) is 0 Å². The van der Waals surface area contributed by atoms with Gasteiger partial charge in [0.15, 0.2) is 0 Å². The Morgan fingerprint density at radius 3 is 2.15 bits per heavy atom. The van der Waals surface area contributed by atoms with Crippen LogP contribution in [-0.2, 0) is 0 Å². The summed E-state index contributed by atoms with van der Waals surface area (Å²) in [6, 6.07) is 0. The van der Waals surface area contributed by atoms with Crippen LogP contribution in [0.5, 0.6) is 0 Å². The first-order valence-electron chi connectivity index (χ1n) is 5.24. The van der Waals surface area contributed by atoms with E-state index in [1.807, 2.05) is 0 Å². The lowest BCUT2D eigenvalue weighted by Crippen LogP contribution is -2.31. The van der Waals surface area contributed by atoms with Crippen molar-refractivity contribution in [2.75, 3.05) is 20.1 Å². The summed E-state index contributed by atoms with van der Waals surface area (Å²) in [4.78, 5) is 2.27. The lowest BCUT2D eigenvalue weighted by molar-refractivity contribution is 0.0479. The summed E-state index contributed by atoms with van der Waals surface area (Å²) in [6.45, 7) is 10.5. The predicted molar refractivity (Wildman–Crippen MR) is 57.9 cm³/mol. The van der Waals surface area contributed by atoms with Crippen LogP contribution >= 0.6 is 0 Å². The minimum absolute atomic E-state index is 0.0209. The molecule has 1 N–H and O–H groups in total. The molecule has 1 atom stereocenters. The molecule has 0 saturated carbocycles. The van der Waals surface area contributed by atoms with Crippen molar-refractivity contribution in [2.24, 2.45) is 5.41 Å². The lowest BCUT2D eigenvalue weighted by atomic mass is 9.87. The summed E-state index contributed by atoms with van der Waals surface area (Å²) in [5.41, 5.74) is 0.0209. The van der Waals surface area contributed by atoms with E-state index in [0.717, 1.165) is 19.5 Å². The SMILES string of the molecule is CCCN(C)CCC(O)C(C)(C)C. The molecule has 0 bridgehead atoms. The smallest absolute Gasteiger partial charge is 0.0600 e. The molecule has 0 aliphatic rings. The first-order chi connectivity index (χ1) is 5.88. The van der Waals surface area contributed by atoms with Crippen molar-refractivity contribution in [3.05, 3.63) is 0 Å². The van der Waals surface area contributed by atoms with E-state index in [1.165, 1.54) is 6.42 Å². The molecular weight excluding hydrogens is 162 g/mol. The van der Waals surface area contributed by atoms with Crippen LogP contribution in [0.3, 0.4) is 0 Å². The van der Waals surface area contributed by atoms with Crippen molar-refractivity contribution >= 4 is 0 Å². The molecule has 2 heteroatoms. The van der Waals surface area contributed by atoms with Gasteiger partial charge in [-0.15, -0.1) is 0 Å². The summed E-state index contributed by atoms with van der Waals surface area (Å²) in [5.74, 6) is 0. The largest absolute Gasteiger partial charge is 0.393 e. The van der Waals surface area contributed by atoms with E-state index >= 15 is 0 Å². The summed E-state index contributed by atoms with van der Waals surface area (Å²) in [7, 11) is 2.11. The van der Waals surface area contributed by atoms with E-state index in [4.69, 9.17) is 0 Å². The summed E-state index contributed by atoms with van der Waals surface area (Å²) in [5, 5.41) is 9.78. The van der Waals surface area contributed by atoms with Gasteiger partial charge in [-0.05, 0) is 31.8 Å². The molecule has 0 radical (unpaired) electrons. The van der Waals surface area contributed by atoms with Gasteiger partial charge in [-0.2, -0.15) is 0 Å². The monoisotopic (exact) mass is 187 g/mol. The fourth-order valence-electron chi connectivity index (χ4n) is 1.27. The Hall–Kier alpha value is -0.0800. The maximum absolute atomic E-state index is 9.78. The third-order valence-electron chi connectivity index (χ3n) is 2.39. The van der Waals surface area contributed by atoms with Gasteiger partial charge in [-0.3, -0.25) is 0 Å². The molecule has 0 fully saturated rings. The average molecular weight is 187 g/mol. The topological polar surface area (TPSA) is 23.5 Å². The van der Waals surface area contributed by atoms with Gasteiger partial charge in [-0.1, -0.05) is 27.7 Å². The zero-order chi connectivity index (χ0) is 10.5. The Morgan fingerprint density at radius 2 is 1.77 bits per heavy atom. The second kappa shape index (κ2) is 5.61. The van der Waals surface area contributed by atoms with Gasteiger partial charge in [0, 0.05) is 6.54 Å². The maximum atomic E-state index is 9.78. The fourth-order valence-corrected chi connectivity index (χ4v) is 1.27. The number of hydrogen-bond donors (Lipinski definition) is 1. The molecule has 0 rings (SSSR count). The normalized spacial score (nSPS) is 15.0. The highest BCUT2D eigenvalue weighted by molar-refractivity contribution is 4.73. The lowest BCUT2D eigenvalue weighted by Gasteiger charge is -2.27. The molecule has 80 valence electrons. The number of aliphatic hydroxyl groups excluding tert-OH is 1. The van der Waals surface area contributed by atoms with Crippen LogP contribution in [-0.4, -0.2) is 36.2 Å². The first-order valence-corrected chi connectivity index (χ1v) is 5.24. The Morgan fingerprint density at radius 1 is 1.23 bits per heavy atom. The Kier molecular flexibility index (Phi) is 5.57. The minimum Gasteiger partial charge on any atom is -0.393 e. The van der Waals surface area contributed by atoms with E-state index in [1.54, 1.807) is 0 Å². The van der Waals surface area contributed by atoms with Gasteiger partial charge in [0.25, 0.3) is 0 Å². The van der Waals surface area contributed by atoms with Crippen LogP contribution < -0.4 is 0 Å². The number of rotatable bonds is 5. The van der Waals surface area contributed by atoms with E-state index < -0.39 is 0 Å². The number of nitrogens with zero attached hydrogens (tertiary/aromatic N) is 1. The summed E-state index contributed by atoms with van der Waals surface area (Å²) >= 11 is 0. The molecule has 0 aromatic heterocycles. The number of aliphatic hydroxyl groups is 1. The van der Waals surface area contributed by atoms with Crippen molar-refractivity contribution in [3.8, 4) is 0 Å².